The summed E-state index contributed by atoms with van der Waals surface area (Å²) in [6.07, 6.45) is 3.00. The number of aromatic nitrogens is 1. The quantitative estimate of drug-likeness (QED) is 0.575. The van der Waals surface area contributed by atoms with Gasteiger partial charge in [-0.15, -0.1) is 0 Å². The van der Waals surface area contributed by atoms with Gasteiger partial charge in [-0.25, -0.2) is 0 Å². The first kappa shape index (κ1) is 16.4. The standard InChI is InChI=1S/C15H14N4O3S/c1-22-12-4-2-10(3-5-12)13(20)17-15(23)19-18-14(21)11-6-8-16-9-7-11/h2-9H,1H3,(H,18,21)(H2,17,19,20,23). The molecule has 1 aromatic carbocycles. The van der Waals surface area contributed by atoms with Crippen molar-refractivity contribution in [3.05, 3.63) is 59.9 Å². The molecule has 8 heteroatoms. The minimum absolute atomic E-state index is 0.0202. The van der Waals surface area contributed by atoms with Crippen LogP contribution in [-0.2, 0) is 0 Å². The Kier molecular flexibility index (Phi) is 5.59. The van der Waals surface area contributed by atoms with E-state index in [0.717, 1.165) is 0 Å². The molecule has 3 N–H and O–H groups in total. The van der Waals surface area contributed by atoms with Gasteiger partial charge in [0, 0.05) is 23.5 Å². The Labute approximate surface area is 138 Å². The highest BCUT2D eigenvalue weighted by Gasteiger charge is 2.09. The molecule has 7 nitrogen and oxygen atoms in total. The van der Waals surface area contributed by atoms with Crippen LogP contribution >= 0.6 is 12.2 Å². The van der Waals surface area contributed by atoms with Crippen LogP contribution in [0.3, 0.4) is 0 Å². The predicted molar refractivity (Wildman–Crippen MR) is 87.9 cm³/mol. The van der Waals surface area contributed by atoms with Gasteiger partial charge in [-0.1, -0.05) is 0 Å². The largest absolute Gasteiger partial charge is 0.497 e. The number of carbonyl (C=O) groups excluding carboxylic acids is 2. The van der Waals surface area contributed by atoms with E-state index in [4.69, 9.17) is 17.0 Å². The number of hydrazine groups is 1. The van der Waals surface area contributed by atoms with Gasteiger partial charge < -0.3 is 4.74 Å². The summed E-state index contributed by atoms with van der Waals surface area (Å²) >= 11 is 4.95. The summed E-state index contributed by atoms with van der Waals surface area (Å²) in [6, 6.07) is 9.64. The fraction of sp³-hybridized carbons (Fsp3) is 0.0667. The third-order valence-corrected chi connectivity index (χ3v) is 3.02. The van der Waals surface area contributed by atoms with E-state index in [1.54, 1.807) is 43.5 Å². The smallest absolute Gasteiger partial charge is 0.269 e. The van der Waals surface area contributed by atoms with Crippen LogP contribution in [0.5, 0.6) is 5.75 Å². The maximum absolute atomic E-state index is 12.0. The van der Waals surface area contributed by atoms with Crippen molar-refractivity contribution in [1.82, 2.24) is 21.2 Å². The van der Waals surface area contributed by atoms with E-state index in [2.05, 4.69) is 21.2 Å². The summed E-state index contributed by atoms with van der Waals surface area (Å²) in [7, 11) is 1.54. The number of methoxy groups -OCH3 is 1. The van der Waals surface area contributed by atoms with Crippen LogP contribution in [0.25, 0.3) is 0 Å². The number of nitrogens with zero attached hydrogens (tertiary/aromatic N) is 1. The van der Waals surface area contributed by atoms with E-state index in [9.17, 15) is 9.59 Å². The number of amides is 2. The Balaban J connectivity index is 1.84. The van der Waals surface area contributed by atoms with E-state index >= 15 is 0 Å². The van der Waals surface area contributed by atoms with Crippen LogP contribution in [0, 0.1) is 0 Å². The van der Waals surface area contributed by atoms with Crippen LogP contribution in [0.4, 0.5) is 0 Å². The Morgan fingerprint density at radius 3 is 2.17 bits per heavy atom. The molecule has 118 valence electrons. The second-order valence-corrected chi connectivity index (χ2v) is 4.74. The van der Waals surface area contributed by atoms with Gasteiger partial charge >= 0.3 is 0 Å². The first-order chi connectivity index (χ1) is 11.1. The molecule has 0 aliphatic rings. The Morgan fingerprint density at radius 1 is 0.957 bits per heavy atom. The van der Waals surface area contributed by atoms with Crippen LogP contribution in [0.1, 0.15) is 20.7 Å². The minimum Gasteiger partial charge on any atom is -0.497 e. The lowest BCUT2D eigenvalue weighted by atomic mass is 10.2. The fourth-order valence-corrected chi connectivity index (χ4v) is 1.78. The topological polar surface area (TPSA) is 92.4 Å². The fourth-order valence-electron chi connectivity index (χ4n) is 1.64. The van der Waals surface area contributed by atoms with Gasteiger partial charge in [-0.2, -0.15) is 0 Å². The third-order valence-electron chi connectivity index (χ3n) is 2.81. The number of benzene rings is 1. The number of carbonyl (C=O) groups is 2. The van der Waals surface area contributed by atoms with Gasteiger partial charge in [-0.3, -0.25) is 30.7 Å². The van der Waals surface area contributed by atoms with Crippen LogP contribution in [0.2, 0.25) is 0 Å². The van der Waals surface area contributed by atoms with Crippen molar-refractivity contribution in [2.24, 2.45) is 0 Å². The molecule has 1 aromatic heterocycles. The third kappa shape index (κ3) is 4.75. The van der Waals surface area contributed by atoms with Crippen LogP contribution in [0.15, 0.2) is 48.8 Å². The lowest BCUT2D eigenvalue weighted by Gasteiger charge is -2.11. The molecular weight excluding hydrogens is 316 g/mol. The zero-order valence-electron chi connectivity index (χ0n) is 12.2. The SMILES string of the molecule is COc1ccc(C(=O)NC(=S)NNC(=O)c2ccncc2)cc1. The molecule has 0 unspecified atom stereocenters. The van der Waals surface area contributed by atoms with Gasteiger partial charge in [0.05, 0.1) is 7.11 Å². The molecular formula is C15H14N4O3S. The van der Waals surface area contributed by atoms with Gasteiger partial charge in [0.2, 0.25) is 0 Å². The van der Waals surface area contributed by atoms with Gasteiger partial charge in [-0.05, 0) is 48.6 Å². The highest BCUT2D eigenvalue weighted by molar-refractivity contribution is 7.80. The molecule has 0 aliphatic heterocycles. The molecule has 0 saturated carbocycles. The number of thiocarbonyl (C=S) groups is 1. The summed E-state index contributed by atoms with van der Waals surface area (Å²) in [5.74, 6) is -0.149. The lowest BCUT2D eigenvalue weighted by molar-refractivity contribution is 0.0934. The Hall–Kier alpha value is -3.00. The molecule has 0 aliphatic carbocycles. The van der Waals surface area contributed by atoms with E-state index in [-0.39, 0.29) is 5.11 Å². The summed E-state index contributed by atoms with van der Waals surface area (Å²) < 4.78 is 5.02. The van der Waals surface area contributed by atoms with Crippen LogP contribution < -0.4 is 20.9 Å². The summed E-state index contributed by atoms with van der Waals surface area (Å²) in [5, 5.41) is 2.43. The average Bonchev–Trinajstić information content (AvgIpc) is 2.60. The highest BCUT2D eigenvalue weighted by atomic mass is 32.1. The monoisotopic (exact) mass is 330 g/mol. The minimum atomic E-state index is -0.400. The number of nitrogens with one attached hydrogen (secondary N) is 3. The van der Waals surface area contributed by atoms with E-state index in [1.807, 2.05) is 0 Å². The van der Waals surface area contributed by atoms with Crippen molar-refractivity contribution < 1.29 is 14.3 Å². The van der Waals surface area contributed by atoms with Gasteiger partial charge in [0.15, 0.2) is 5.11 Å². The maximum Gasteiger partial charge on any atom is 0.269 e. The van der Waals surface area contributed by atoms with Crippen molar-refractivity contribution in [2.45, 2.75) is 0 Å². The molecule has 2 amide bonds. The first-order valence-electron chi connectivity index (χ1n) is 6.56. The summed E-state index contributed by atoms with van der Waals surface area (Å²) in [5.41, 5.74) is 5.67. The molecule has 2 aromatic rings. The maximum atomic E-state index is 12.0. The average molecular weight is 330 g/mol. The zero-order valence-corrected chi connectivity index (χ0v) is 13.0. The highest BCUT2D eigenvalue weighted by Crippen LogP contribution is 2.10. The Morgan fingerprint density at radius 2 is 1.57 bits per heavy atom. The molecule has 0 saturated heterocycles. The molecule has 23 heavy (non-hydrogen) atoms. The van der Waals surface area contributed by atoms with Crippen molar-refractivity contribution in [2.75, 3.05) is 7.11 Å². The number of hydrogen-bond donors (Lipinski definition) is 3. The van der Waals surface area contributed by atoms with E-state index < -0.39 is 11.8 Å². The molecule has 0 radical (unpaired) electrons. The van der Waals surface area contributed by atoms with Crippen molar-refractivity contribution in [1.29, 1.82) is 0 Å². The molecule has 0 fully saturated rings. The number of pyridine rings is 1. The second-order valence-electron chi connectivity index (χ2n) is 4.33. The first-order valence-corrected chi connectivity index (χ1v) is 6.96. The molecule has 1 heterocycles. The lowest BCUT2D eigenvalue weighted by Crippen LogP contribution is -2.48. The van der Waals surface area contributed by atoms with Gasteiger partial charge in [0.25, 0.3) is 11.8 Å². The normalized spacial score (nSPS) is 9.61. The molecule has 0 spiro atoms. The number of ether oxygens (including phenoxy) is 1. The predicted octanol–water partition coefficient (Wildman–Crippen LogP) is 1.04. The van der Waals surface area contributed by atoms with E-state index in [0.29, 0.717) is 16.9 Å². The molecule has 2 rings (SSSR count). The van der Waals surface area contributed by atoms with Gasteiger partial charge in [0.1, 0.15) is 5.75 Å². The summed E-state index contributed by atoms with van der Waals surface area (Å²) in [6.45, 7) is 0. The molecule has 0 atom stereocenters. The van der Waals surface area contributed by atoms with Crippen molar-refractivity contribution >= 4 is 29.1 Å². The van der Waals surface area contributed by atoms with Crippen molar-refractivity contribution in [3.8, 4) is 5.75 Å². The zero-order chi connectivity index (χ0) is 16.7. The van der Waals surface area contributed by atoms with Crippen LogP contribution in [-0.4, -0.2) is 29.0 Å². The number of rotatable bonds is 3. The van der Waals surface area contributed by atoms with Crippen molar-refractivity contribution in [3.63, 3.8) is 0 Å². The summed E-state index contributed by atoms with van der Waals surface area (Å²) in [4.78, 5) is 27.6. The Bertz CT molecular complexity index is 704. The second kappa shape index (κ2) is 7.85. The number of hydrogen-bond acceptors (Lipinski definition) is 5. The molecule has 0 bridgehead atoms. The van der Waals surface area contributed by atoms with E-state index in [1.165, 1.54) is 12.4 Å².